The van der Waals surface area contributed by atoms with Gasteiger partial charge in [0.05, 0.1) is 23.9 Å². The lowest BCUT2D eigenvalue weighted by molar-refractivity contribution is 0.117. The quantitative estimate of drug-likeness (QED) is 0.550. The van der Waals surface area contributed by atoms with E-state index in [1.165, 1.54) is 5.00 Å². The molecule has 0 aromatic carbocycles. The van der Waals surface area contributed by atoms with Crippen LogP contribution in [0.2, 0.25) is 0 Å². The Morgan fingerprint density at radius 2 is 2.14 bits per heavy atom. The topological polar surface area (TPSA) is 62.0 Å². The van der Waals surface area contributed by atoms with Crippen molar-refractivity contribution >= 4 is 22.3 Å². The predicted molar refractivity (Wildman–Crippen MR) is 114 cm³/mol. The summed E-state index contributed by atoms with van der Waals surface area (Å²) in [5.41, 5.74) is 0. The molecule has 2 N–H and O–H groups in total. The van der Waals surface area contributed by atoms with Gasteiger partial charge in [0.25, 0.3) is 0 Å². The molecule has 2 saturated heterocycles. The molecule has 2 aromatic rings. The van der Waals surface area contributed by atoms with Gasteiger partial charge in [-0.25, -0.2) is 0 Å². The van der Waals surface area contributed by atoms with E-state index in [0.717, 1.165) is 76.6 Å². The van der Waals surface area contributed by atoms with Gasteiger partial charge in [-0.3, -0.25) is 4.99 Å². The van der Waals surface area contributed by atoms with Crippen molar-refractivity contribution in [2.75, 3.05) is 37.7 Å². The van der Waals surface area contributed by atoms with Crippen LogP contribution in [0.4, 0.5) is 5.00 Å². The number of hydrogen-bond acceptors (Lipinski definition) is 5. The second-order valence-corrected chi connectivity index (χ2v) is 8.36. The zero-order chi connectivity index (χ0) is 19.0. The van der Waals surface area contributed by atoms with Crippen LogP contribution >= 0.6 is 11.3 Å². The van der Waals surface area contributed by atoms with Crippen molar-refractivity contribution in [2.24, 2.45) is 4.99 Å². The van der Waals surface area contributed by atoms with Gasteiger partial charge in [0.15, 0.2) is 5.96 Å². The molecule has 0 amide bonds. The summed E-state index contributed by atoms with van der Waals surface area (Å²) in [5.74, 6) is 1.90. The molecule has 1 atom stereocenters. The predicted octanol–water partition coefficient (Wildman–Crippen LogP) is 3.27. The maximum Gasteiger partial charge on any atom is 0.191 e. The Morgan fingerprint density at radius 1 is 1.21 bits per heavy atom. The van der Waals surface area contributed by atoms with Gasteiger partial charge in [-0.05, 0) is 55.3 Å². The number of rotatable bonds is 7. The van der Waals surface area contributed by atoms with Crippen LogP contribution in [0.1, 0.15) is 31.4 Å². The van der Waals surface area contributed by atoms with E-state index >= 15 is 0 Å². The summed E-state index contributed by atoms with van der Waals surface area (Å²) in [7, 11) is 0. The summed E-state index contributed by atoms with van der Waals surface area (Å²) in [5, 5.41) is 10.7. The van der Waals surface area contributed by atoms with E-state index < -0.39 is 0 Å². The van der Waals surface area contributed by atoms with Gasteiger partial charge in [0.1, 0.15) is 5.76 Å². The number of guanidine groups is 1. The fourth-order valence-corrected chi connectivity index (χ4v) is 4.57. The number of piperidine rings is 1. The van der Waals surface area contributed by atoms with Gasteiger partial charge < -0.3 is 24.7 Å². The molecule has 4 heterocycles. The molecule has 6 nitrogen and oxygen atoms in total. The first-order valence-corrected chi connectivity index (χ1v) is 11.2. The van der Waals surface area contributed by atoms with Gasteiger partial charge in [0, 0.05) is 38.7 Å². The molecule has 0 aliphatic carbocycles. The average molecular weight is 403 g/mol. The van der Waals surface area contributed by atoms with Crippen molar-refractivity contribution in [1.82, 2.24) is 10.6 Å². The van der Waals surface area contributed by atoms with Crippen LogP contribution in [-0.2, 0) is 11.2 Å². The van der Waals surface area contributed by atoms with E-state index in [2.05, 4.69) is 33.0 Å². The fraction of sp³-hybridized carbons (Fsp3) is 0.571. The zero-order valence-corrected chi connectivity index (χ0v) is 17.1. The van der Waals surface area contributed by atoms with Crippen LogP contribution in [0.3, 0.4) is 0 Å². The number of nitrogens with one attached hydrogen (secondary N) is 2. The van der Waals surface area contributed by atoms with E-state index in [1.54, 1.807) is 6.26 Å². The number of anilines is 1. The first-order valence-electron chi connectivity index (χ1n) is 10.3. The number of aliphatic imine (C=N–C) groups is 1. The van der Waals surface area contributed by atoms with Crippen molar-refractivity contribution in [3.63, 3.8) is 0 Å². The lowest BCUT2D eigenvalue weighted by Gasteiger charge is -2.33. The van der Waals surface area contributed by atoms with Crippen LogP contribution in [0.15, 0.2) is 45.3 Å². The van der Waals surface area contributed by atoms with Crippen molar-refractivity contribution in [3.8, 4) is 0 Å². The van der Waals surface area contributed by atoms with Crippen LogP contribution in [0.25, 0.3) is 0 Å². The molecular weight excluding hydrogens is 372 g/mol. The van der Waals surface area contributed by atoms with Crippen molar-refractivity contribution in [1.29, 1.82) is 0 Å². The summed E-state index contributed by atoms with van der Waals surface area (Å²) < 4.78 is 11.2. The molecule has 0 spiro atoms. The van der Waals surface area contributed by atoms with Gasteiger partial charge >= 0.3 is 0 Å². The van der Waals surface area contributed by atoms with Crippen LogP contribution < -0.4 is 15.5 Å². The van der Waals surface area contributed by atoms with E-state index in [4.69, 9.17) is 14.1 Å². The first kappa shape index (κ1) is 19.3. The SMILES string of the molecule is c1coc(CCNC(=NCC2CCCO2)NC2CCN(c3cccs3)CC2)c1. The molecule has 28 heavy (non-hydrogen) atoms. The first-order chi connectivity index (χ1) is 13.9. The molecule has 0 radical (unpaired) electrons. The maximum absolute atomic E-state index is 5.73. The van der Waals surface area contributed by atoms with Crippen LogP contribution in [0, 0.1) is 0 Å². The Kier molecular flexibility index (Phi) is 6.89. The minimum atomic E-state index is 0.268. The monoisotopic (exact) mass is 402 g/mol. The number of nitrogens with zero attached hydrogens (tertiary/aromatic N) is 2. The summed E-state index contributed by atoms with van der Waals surface area (Å²) in [6.07, 6.45) is 7.35. The standard InChI is InChI=1S/C21H30N4O2S/c1-4-18(26-13-1)7-10-22-21(23-16-19-5-2-14-27-19)24-17-8-11-25(12-9-17)20-6-3-15-28-20/h1,3-4,6,13,15,17,19H,2,5,7-12,14,16H2,(H2,22,23,24). The minimum Gasteiger partial charge on any atom is -0.469 e. The summed E-state index contributed by atoms with van der Waals surface area (Å²) in [6.45, 7) is 4.58. The van der Waals surface area contributed by atoms with Crippen LogP contribution in [0.5, 0.6) is 0 Å². The summed E-state index contributed by atoms with van der Waals surface area (Å²) >= 11 is 1.82. The van der Waals surface area contributed by atoms with Crippen molar-refractivity contribution < 1.29 is 9.15 Å². The molecule has 0 bridgehead atoms. The third kappa shape index (κ3) is 5.52. The Bertz CT molecular complexity index is 703. The van der Waals surface area contributed by atoms with Crippen molar-refractivity contribution in [3.05, 3.63) is 41.7 Å². The van der Waals surface area contributed by atoms with Gasteiger partial charge in [-0.2, -0.15) is 0 Å². The third-order valence-corrected chi connectivity index (χ3v) is 6.30. The van der Waals surface area contributed by atoms with E-state index in [9.17, 15) is 0 Å². The van der Waals surface area contributed by atoms with Gasteiger partial charge in [-0.1, -0.05) is 0 Å². The zero-order valence-electron chi connectivity index (χ0n) is 16.3. The second kappa shape index (κ2) is 9.98. The molecule has 2 aromatic heterocycles. The normalized spacial score (nSPS) is 21.2. The number of thiophene rings is 1. The lowest BCUT2D eigenvalue weighted by Crippen LogP contribution is -2.49. The Morgan fingerprint density at radius 3 is 2.86 bits per heavy atom. The van der Waals surface area contributed by atoms with E-state index in [1.807, 2.05) is 23.5 Å². The molecule has 2 fully saturated rings. The van der Waals surface area contributed by atoms with Crippen molar-refractivity contribution in [2.45, 2.75) is 44.2 Å². The molecule has 4 rings (SSSR count). The summed E-state index contributed by atoms with van der Waals surface area (Å²) in [4.78, 5) is 7.30. The van der Waals surface area contributed by atoms with Crippen LogP contribution in [-0.4, -0.2) is 50.9 Å². The maximum atomic E-state index is 5.73. The fourth-order valence-electron chi connectivity index (χ4n) is 3.78. The molecule has 152 valence electrons. The summed E-state index contributed by atoms with van der Waals surface area (Å²) in [6, 6.07) is 8.74. The largest absolute Gasteiger partial charge is 0.469 e. The second-order valence-electron chi connectivity index (χ2n) is 7.44. The highest BCUT2D eigenvalue weighted by Gasteiger charge is 2.21. The van der Waals surface area contributed by atoms with E-state index in [-0.39, 0.29) is 6.10 Å². The smallest absolute Gasteiger partial charge is 0.191 e. The highest BCUT2D eigenvalue weighted by molar-refractivity contribution is 7.14. The molecule has 1 unspecified atom stereocenters. The molecule has 7 heteroatoms. The Hall–Kier alpha value is -1.99. The Balaban J connectivity index is 1.28. The highest BCUT2D eigenvalue weighted by atomic mass is 32.1. The average Bonchev–Trinajstić information content (AvgIpc) is 3.50. The number of ether oxygens (including phenoxy) is 1. The Labute approximate surface area is 171 Å². The van der Waals surface area contributed by atoms with Gasteiger partial charge in [0.2, 0.25) is 0 Å². The molecule has 2 aliphatic rings. The molecule has 2 aliphatic heterocycles. The minimum absolute atomic E-state index is 0.268. The number of hydrogen-bond donors (Lipinski definition) is 2. The molecular formula is C21H30N4O2S. The van der Waals surface area contributed by atoms with E-state index in [0.29, 0.717) is 6.04 Å². The third-order valence-electron chi connectivity index (χ3n) is 5.37. The molecule has 0 saturated carbocycles. The lowest BCUT2D eigenvalue weighted by atomic mass is 10.1. The highest BCUT2D eigenvalue weighted by Crippen LogP contribution is 2.24. The van der Waals surface area contributed by atoms with Gasteiger partial charge in [-0.15, -0.1) is 11.3 Å². The number of furan rings is 1.